The van der Waals surface area contributed by atoms with E-state index in [0.717, 1.165) is 31.7 Å². The Hall–Kier alpha value is -3.52. The fourth-order valence-corrected chi connectivity index (χ4v) is 3.22. The van der Waals surface area contributed by atoms with E-state index in [4.69, 9.17) is 4.42 Å². The third-order valence-corrected chi connectivity index (χ3v) is 4.64. The first-order chi connectivity index (χ1) is 13.3. The molecular formula is C22H20N4O. The van der Waals surface area contributed by atoms with E-state index in [1.165, 1.54) is 5.69 Å². The van der Waals surface area contributed by atoms with E-state index in [9.17, 15) is 5.26 Å². The van der Waals surface area contributed by atoms with E-state index in [-0.39, 0.29) is 0 Å². The molecule has 5 nitrogen and oxygen atoms in total. The normalized spacial score (nSPS) is 14.5. The molecule has 0 N–H and O–H groups in total. The van der Waals surface area contributed by atoms with E-state index in [0.29, 0.717) is 17.5 Å². The first kappa shape index (κ1) is 16.9. The van der Waals surface area contributed by atoms with Crippen molar-refractivity contribution in [3.8, 4) is 6.07 Å². The standard InChI is InChI=1S/C22H20N4O/c23-17-20-22(27-21(24-20)12-11-18-7-3-1-4-8-18)26-15-13-25(14-16-26)19-9-5-2-6-10-19/h1-12H,13-16H2/b12-11+. The van der Waals surface area contributed by atoms with Gasteiger partial charge in [0.05, 0.1) is 0 Å². The fraction of sp³-hybridized carbons (Fsp3) is 0.182. The number of hydrogen-bond donors (Lipinski definition) is 0. The number of para-hydroxylation sites is 1. The van der Waals surface area contributed by atoms with Crippen molar-refractivity contribution in [3.05, 3.63) is 77.8 Å². The summed E-state index contributed by atoms with van der Waals surface area (Å²) in [5.41, 5.74) is 2.63. The average Bonchev–Trinajstić information content (AvgIpc) is 3.17. The molecule has 0 aliphatic carbocycles. The van der Waals surface area contributed by atoms with Gasteiger partial charge in [0.1, 0.15) is 6.07 Å². The molecule has 2 aromatic carbocycles. The van der Waals surface area contributed by atoms with Gasteiger partial charge >= 0.3 is 0 Å². The second-order valence-electron chi connectivity index (χ2n) is 6.37. The van der Waals surface area contributed by atoms with Crippen molar-refractivity contribution in [2.24, 2.45) is 0 Å². The lowest BCUT2D eigenvalue weighted by Crippen LogP contribution is -2.46. The van der Waals surface area contributed by atoms with Crippen molar-refractivity contribution in [1.29, 1.82) is 5.26 Å². The minimum absolute atomic E-state index is 0.343. The lowest BCUT2D eigenvalue weighted by Gasteiger charge is -2.35. The van der Waals surface area contributed by atoms with Crippen molar-refractivity contribution in [2.45, 2.75) is 0 Å². The maximum atomic E-state index is 9.44. The molecule has 0 amide bonds. The van der Waals surface area contributed by atoms with E-state index in [1.54, 1.807) is 6.08 Å². The molecule has 27 heavy (non-hydrogen) atoms. The van der Waals surface area contributed by atoms with Crippen LogP contribution in [0, 0.1) is 11.3 Å². The first-order valence-electron chi connectivity index (χ1n) is 9.02. The Balaban J connectivity index is 1.47. The molecule has 1 aromatic heterocycles. The molecule has 0 bridgehead atoms. The van der Waals surface area contributed by atoms with Crippen LogP contribution in [0.5, 0.6) is 0 Å². The van der Waals surface area contributed by atoms with Gasteiger partial charge in [-0.25, -0.2) is 0 Å². The van der Waals surface area contributed by atoms with Gasteiger partial charge in [-0.05, 0) is 23.8 Å². The Kier molecular flexibility index (Phi) is 4.88. The number of nitrogens with zero attached hydrogens (tertiary/aromatic N) is 4. The lowest BCUT2D eigenvalue weighted by atomic mass is 10.2. The van der Waals surface area contributed by atoms with Gasteiger partial charge in [-0.15, -0.1) is 0 Å². The largest absolute Gasteiger partial charge is 0.420 e. The second-order valence-corrected chi connectivity index (χ2v) is 6.37. The fourth-order valence-electron chi connectivity index (χ4n) is 3.22. The van der Waals surface area contributed by atoms with Crippen molar-refractivity contribution in [3.63, 3.8) is 0 Å². The van der Waals surface area contributed by atoms with Crippen LogP contribution in [0.15, 0.2) is 65.1 Å². The summed E-state index contributed by atoms with van der Waals surface area (Å²) in [6.45, 7) is 3.34. The SMILES string of the molecule is N#Cc1nc(/C=C/c2ccccc2)oc1N1CCN(c2ccccc2)CC1. The van der Waals surface area contributed by atoms with Gasteiger partial charge in [-0.2, -0.15) is 10.2 Å². The van der Waals surface area contributed by atoms with Gasteiger partial charge in [0.25, 0.3) is 0 Å². The molecule has 1 saturated heterocycles. The Morgan fingerprint density at radius 2 is 1.48 bits per heavy atom. The molecule has 0 radical (unpaired) electrons. The number of benzene rings is 2. The first-order valence-corrected chi connectivity index (χ1v) is 9.02. The summed E-state index contributed by atoms with van der Waals surface area (Å²) >= 11 is 0. The van der Waals surface area contributed by atoms with Crippen molar-refractivity contribution in [1.82, 2.24) is 4.98 Å². The Bertz CT molecular complexity index is 949. The van der Waals surface area contributed by atoms with Gasteiger partial charge in [-0.3, -0.25) is 0 Å². The summed E-state index contributed by atoms with van der Waals surface area (Å²) in [5.74, 6) is 1.02. The van der Waals surface area contributed by atoms with Gasteiger partial charge in [0.2, 0.25) is 17.5 Å². The molecule has 2 heterocycles. The van der Waals surface area contributed by atoms with E-state index < -0.39 is 0 Å². The Morgan fingerprint density at radius 3 is 2.15 bits per heavy atom. The molecule has 4 rings (SSSR count). The van der Waals surface area contributed by atoms with Crippen molar-refractivity contribution < 1.29 is 4.42 Å². The molecule has 0 unspecified atom stereocenters. The molecule has 1 aliphatic heterocycles. The highest BCUT2D eigenvalue weighted by atomic mass is 16.4. The van der Waals surface area contributed by atoms with Crippen molar-refractivity contribution >= 4 is 23.7 Å². The third kappa shape index (κ3) is 3.85. The van der Waals surface area contributed by atoms with Crippen LogP contribution in [0.25, 0.3) is 12.2 Å². The van der Waals surface area contributed by atoms with Crippen LogP contribution in [0.3, 0.4) is 0 Å². The average molecular weight is 356 g/mol. The van der Waals surface area contributed by atoms with Gasteiger partial charge < -0.3 is 14.2 Å². The number of aromatic nitrogens is 1. The highest BCUT2D eigenvalue weighted by molar-refractivity contribution is 5.67. The molecule has 0 spiro atoms. The van der Waals surface area contributed by atoms with Crippen LogP contribution in [0.4, 0.5) is 11.6 Å². The molecule has 5 heteroatoms. The predicted molar refractivity (Wildman–Crippen MR) is 107 cm³/mol. The maximum Gasteiger partial charge on any atom is 0.235 e. The Morgan fingerprint density at radius 1 is 0.852 bits per heavy atom. The van der Waals surface area contributed by atoms with Crippen LogP contribution in [0.2, 0.25) is 0 Å². The molecule has 0 atom stereocenters. The molecular weight excluding hydrogens is 336 g/mol. The number of rotatable bonds is 4. The highest BCUT2D eigenvalue weighted by Gasteiger charge is 2.23. The van der Waals surface area contributed by atoms with E-state index in [1.807, 2.05) is 42.5 Å². The summed E-state index contributed by atoms with van der Waals surface area (Å²) in [6.07, 6.45) is 3.74. The number of oxazole rings is 1. The summed E-state index contributed by atoms with van der Waals surface area (Å²) in [5, 5.41) is 9.44. The number of nitriles is 1. The summed E-state index contributed by atoms with van der Waals surface area (Å²) in [7, 11) is 0. The zero-order chi connectivity index (χ0) is 18.5. The quantitative estimate of drug-likeness (QED) is 0.706. The van der Waals surface area contributed by atoms with Crippen LogP contribution < -0.4 is 9.80 Å². The third-order valence-electron chi connectivity index (χ3n) is 4.64. The predicted octanol–water partition coefficient (Wildman–Crippen LogP) is 4.04. The van der Waals surface area contributed by atoms with Gasteiger partial charge in [0, 0.05) is 37.9 Å². The summed E-state index contributed by atoms with van der Waals surface area (Å²) in [6, 6.07) is 22.5. The van der Waals surface area contributed by atoms with Crippen LogP contribution in [-0.2, 0) is 0 Å². The number of hydrogen-bond acceptors (Lipinski definition) is 5. The van der Waals surface area contributed by atoms with Gasteiger partial charge in [0.15, 0.2) is 0 Å². The number of piperazine rings is 1. The summed E-state index contributed by atoms with van der Waals surface area (Å²) < 4.78 is 5.89. The molecule has 0 saturated carbocycles. The van der Waals surface area contributed by atoms with Gasteiger partial charge in [-0.1, -0.05) is 48.5 Å². The zero-order valence-electron chi connectivity index (χ0n) is 15.0. The highest BCUT2D eigenvalue weighted by Crippen LogP contribution is 2.25. The molecule has 1 fully saturated rings. The molecule has 1 aliphatic rings. The monoisotopic (exact) mass is 356 g/mol. The Labute approximate surface area is 158 Å². The minimum Gasteiger partial charge on any atom is -0.420 e. The second kappa shape index (κ2) is 7.79. The number of anilines is 2. The van der Waals surface area contributed by atoms with E-state index >= 15 is 0 Å². The maximum absolute atomic E-state index is 9.44. The van der Waals surface area contributed by atoms with Crippen LogP contribution in [-0.4, -0.2) is 31.2 Å². The lowest BCUT2D eigenvalue weighted by molar-refractivity contribution is 0.513. The zero-order valence-corrected chi connectivity index (χ0v) is 15.0. The minimum atomic E-state index is 0.343. The van der Waals surface area contributed by atoms with Crippen molar-refractivity contribution in [2.75, 3.05) is 36.0 Å². The molecule has 134 valence electrons. The van der Waals surface area contributed by atoms with E-state index in [2.05, 4.69) is 45.1 Å². The van der Waals surface area contributed by atoms with Crippen LogP contribution in [0.1, 0.15) is 17.1 Å². The smallest absolute Gasteiger partial charge is 0.235 e. The van der Waals surface area contributed by atoms with Crippen LogP contribution >= 0.6 is 0 Å². The summed E-state index contributed by atoms with van der Waals surface area (Å²) in [4.78, 5) is 8.77. The topological polar surface area (TPSA) is 56.3 Å². The molecule has 3 aromatic rings.